The third kappa shape index (κ3) is 6.06. The molecule has 2 fully saturated rings. The first kappa shape index (κ1) is 19.8. The van der Waals surface area contributed by atoms with E-state index in [1.165, 1.54) is 108 Å². The number of hydrogen-bond acceptors (Lipinski definition) is 2. The summed E-state index contributed by atoms with van der Waals surface area (Å²) in [5, 5.41) is 0. The van der Waals surface area contributed by atoms with E-state index >= 15 is 0 Å². The van der Waals surface area contributed by atoms with Gasteiger partial charge in [0.05, 0.1) is 0 Å². The Hall–Kier alpha value is -0.920. The van der Waals surface area contributed by atoms with Crippen molar-refractivity contribution in [3.63, 3.8) is 0 Å². The van der Waals surface area contributed by atoms with E-state index < -0.39 is 0 Å². The van der Waals surface area contributed by atoms with Gasteiger partial charge in [-0.1, -0.05) is 71.1 Å². The lowest BCUT2D eigenvalue weighted by molar-refractivity contribution is 0.301. The first-order chi connectivity index (χ1) is 12.9. The van der Waals surface area contributed by atoms with Gasteiger partial charge in [-0.15, -0.1) is 0 Å². The molecule has 1 aromatic rings. The highest BCUT2D eigenvalue weighted by Crippen LogP contribution is 2.38. The molecule has 2 heteroatoms. The Bertz CT molecular complexity index is 481. The van der Waals surface area contributed by atoms with E-state index in [9.17, 15) is 0 Å². The summed E-state index contributed by atoms with van der Waals surface area (Å²) in [5.74, 6) is 3.45. The molecule has 2 nitrogen and oxygen atoms in total. The van der Waals surface area contributed by atoms with Crippen LogP contribution in [0.25, 0.3) is 0 Å². The molecule has 0 unspecified atom stereocenters. The van der Waals surface area contributed by atoms with Gasteiger partial charge < -0.3 is 0 Å². The average molecular weight is 357 g/mol. The van der Waals surface area contributed by atoms with E-state index in [4.69, 9.17) is 9.97 Å². The normalized spacial score (nSPS) is 24.7. The minimum absolute atomic E-state index is 0.630. The molecule has 1 aromatic heterocycles. The maximum Gasteiger partial charge on any atom is 0.131 e. The quantitative estimate of drug-likeness (QED) is 0.427. The first-order valence-electron chi connectivity index (χ1n) is 11.7. The van der Waals surface area contributed by atoms with Crippen molar-refractivity contribution >= 4 is 0 Å². The summed E-state index contributed by atoms with van der Waals surface area (Å²) < 4.78 is 0. The van der Waals surface area contributed by atoms with Crippen LogP contribution in [0.2, 0.25) is 0 Å². The first-order valence-corrected chi connectivity index (χ1v) is 11.7. The van der Waals surface area contributed by atoms with Crippen LogP contribution in [0, 0.1) is 5.92 Å². The van der Waals surface area contributed by atoms with Gasteiger partial charge in [0.2, 0.25) is 0 Å². The van der Waals surface area contributed by atoms with Crippen molar-refractivity contribution in [3.05, 3.63) is 23.8 Å². The fourth-order valence-corrected chi connectivity index (χ4v) is 5.13. The Balaban J connectivity index is 1.36. The lowest BCUT2D eigenvalue weighted by atomic mass is 9.77. The molecule has 0 bridgehead atoms. The van der Waals surface area contributed by atoms with Crippen LogP contribution in [0.15, 0.2) is 12.4 Å². The van der Waals surface area contributed by atoms with Crippen LogP contribution >= 0.6 is 0 Å². The highest BCUT2D eigenvalue weighted by Gasteiger charge is 2.23. The number of aromatic nitrogens is 2. The molecular formula is C24H40N2. The Labute approximate surface area is 161 Å². The molecular weight excluding hydrogens is 316 g/mol. The molecule has 0 atom stereocenters. The van der Waals surface area contributed by atoms with Gasteiger partial charge in [-0.25, -0.2) is 9.97 Å². The third-order valence-corrected chi connectivity index (χ3v) is 6.95. The molecule has 0 saturated heterocycles. The Morgan fingerprint density at radius 1 is 0.731 bits per heavy atom. The zero-order valence-corrected chi connectivity index (χ0v) is 17.1. The molecule has 1 heterocycles. The van der Waals surface area contributed by atoms with Crippen molar-refractivity contribution in [2.75, 3.05) is 0 Å². The monoisotopic (exact) mass is 356 g/mol. The zero-order chi connectivity index (χ0) is 18.0. The largest absolute Gasteiger partial charge is 0.241 e. The molecule has 0 aliphatic heterocycles. The Morgan fingerprint density at radius 2 is 1.38 bits per heavy atom. The third-order valence-electron chi connectivity index (χ3n) is 6.95. The van der Waals surface area contributed by atoms with Gasteiger partial charge in [0.25, 0.3) is 0 Å². The maximum atomic E-state index is 4.77. The number of rotatable bonds is 9. The standard InChI is InChI=1S/C24H40N2/c1-2-3-4-5-6-8-11-20-14-16-21(17-15-20)23-18-25-24(26-19-23)22-12-9-7-10-13-22/h18-22H,2-17H2,1H3. The zero-order valence-electron chi connectivity index (χ0n) is 17.1. The molecule has 146 valence electrons. The van der Waals surface area contributed by atoms with E-state index in [1.54, 1.807) is 0 Å². The van der Waals surface area contributed by atoms with Crippen molar-refractivity contribution in [1.82, 2.24) is 9.97 Å². The molecule has 2 saturated carbocycles. The van der Waals surface area contributed by atoms with Crippen LogP contribution < -0.4 is 0 Å². The molecule has 3 rings (SSSR count). The van der Waals surface area contributed by atoms with Gasteiger partial charge in [-0.05, 0) is 55.9 Å². The molecule has 0 N–H and O–H groups in total. The molecule has 0 radical (unpaired) electrons. The second kappa shape index (κ2) is 11.0. The molecule has 2 aliphatic carbocycles. The van der Waals surface area contributed by atoms with E-state index in [-0.39, 0.29) is 0 Å². The molecule has 2 aliphatic rings. The predicted octanol–water partition coefficient (Wildman–Crippen LogP) is 7.55. The summed E-state index contributed by atoms with van der Waals surface area (Å²) in [4.78, 5) is 9.54. The lowest BCUT2D eigenvalue weighted by Crippen LogP contribution is -2.15. The van der Waals surface area contributed by atoms with Crippen molar-refractivity contribution in [3.8, 4) is 0 Å². The summed E-state index contributed by atoms with van der Waals surface area (Å²) in [7, 11) is 0. The van der Waals surface area contributed by atoms with Gasteiger partial charge in [0.15, 0.2) is 0 Å². The van der Waals surface area contributed by atoms with Crippen LogP contribution in [0.5, 0.6) is 0 Å². The summed E-state index contributed by atoms with van der Waals surface area (Å²) >= 11 is 0. The average Bonchev–Trinajstić information content (AvgIpc) is 2.72. The van der Waals surface area contributed by atoms with E-state index in [0.29, 0.717) is 5.92 Å². The van der Waals surface area contributed by atoms with Crippen molar-refractivity contribution < 1.29 is 0 Å². The fourth-order valence-electron chi connectivity index (χ4n) is 5.13. The van der Waals surface area contributed by atoms with Gasteiger partial charge >= 0.3 is 0 Å². The van der Waals surface area contributed by atoms with Crippen molar-refractivity contribution in [2.24, 2.45) is 5.92 Å². The summed E-state index contributed by atoms with van der Waals surface area (Å²) in [6.45, 7) is 2.30. The molecule has 0 aromatic carbocycles. The SMILES string of the molecule is CCCCCCCCC1CCC(c2cnc(C3CCCCC3)nc2)CC1. The second-order valence-corrected chi connectivity index (χ2v) is 8.98. The fraction of sp³-hybridized carbons (Fsp3) is 0.833. The highest BCUT2D eigenvalue weighted by molar-refractivity contribution is 5.14. The van der Waals surface area contributed by atoms with Crippen LogP contribution in [0.3, 0.4) is 0 Å². The minimum atomic E-state index is 0.630. The number of hydrogen-bond donors (Lipinski definition) is 0. The van der Waals surface area contributed by atoms with E-state index in [1.807, 2.05) is 0 Å². The minimum Gasteiger partial charge on any atom is -0.241 e. The van der Waals surface area contributed by atoms with Gasteiger partial charge in [-0.3, -0.25) is 0 Å². The summed E-state index contributed by atoms with van der Waals surface area (Å²) in [6.07, 6.45) is 26.6. The van der Waals surface area contributed by atoms with Crippen LogP contribution in [0.1, 0.15) is 133 Å². The lowest BCUT2D eigenvalue weighted by Gasteiger charge is -2.28. The summed E-state index contributed by atoms with van der Waals surface area (Å²) in [6, 6.07) is 0. The smallest absolute Gasteiger partial charge is 0.131 e. The van der Waals surface area contributed by atoms with Crippen LogP contribution in [-0.4, -0.2) is 9.97 Å². The number of unbranched alkanes of at least 4 members (excludes halogenated alkanes) is 5. The van der Waals surface area contributed by atoms with Crippen LogP contribution in [-0.2, 0) is 0 Å². The topological polar surface area (TPSA) is 25.8 Å². The predicted molar refractivity (Wildman–Crippen MR) is 111 cm³/mol. The van der Waals surface area contributed by atoms with Gasteiger partial charge in [0.1, 0.15) is 5.82 Å². The second-order valence-electron chi connectivity index (χ2n) is 8.98. The molecule has 0 spiro atoms. The van der Waals surface area contributed by atoms with Gasteiger partial charge in [0, 0.05) is 18.3 Å². The van der Waals surface area contributed by atoms with Gasteiger partial charge in [-0.2, -0.15) is 0 Å². The number of nitrogens with zero attached hydrogens (tertiary/aromatic N) is 2. The molecule has 26 heavy (non-hydrogen) atoms. The van der Waals surface area contributed by atoms with Crippen LogP contribution in [0.4, 0.5) is 0 Å². The van der Waals surface area contributed by atoms with E-state index in [2.05, 4.69) is 19.3 Å². The molecule has 0 amide bonds. The highest BCUT2D eigenvalue weighted by atomic mass is 14.9. The van der Waals surface area contributed by atoms with Crippen molar-refractivity contribution in [2.45, 2.75) is 121 Å². The maximum absolute atomic E-state index is 4.77. The summed E-state index contributed by atoms with van der Waals surface area (Å²) in [5.41, 5.74) is 1.41. The van der Waals surface area contributed by atoms with E-state index in [0.717, 1.165) is 17.7 Å². The van der Waals surface area contributed by atoms with Crippen molar-refractivity contribution in [1.29, 1.82) is 0 Å². The Kier molecular flexibility index (Phi) is 8.42. The Morgan fingerprint density at radius 3 is 2.08 bits per heavy atom.